The molecule has 0 atom stereocenters. The van der Waals surface area contributed by atoms with E-state index in [2.05, 4.69) is 10.6 Å². The van der Waals surface area contributed by atoms with Crippen LogP contribution in [0.4, 0.5) is 21.9 Å². The van der Waals surface area contributed by atoms with Gasteiger partial charge in [0.05, 0.1) is 15.5 Å². The first-order valence-corrected chi connectivity index (χ1v) is 8.71. The Bertz CT molecular complexity index is 1050. The molecule has 0 fully saturated rings. The number of primary sulfonamides is 1. The lowest BCUT2D eigenvalue weighted by molar-refractivity contribution is -0.386. The van der Waals surface area contributed by atoms with Crippen LogP contribution < -0.4 is 25.2 Å². The number of nitrogens with two attached hydrogens (primary N) is 1. The fraction of sp³-hybridized carbons (Fsp3) is 0.0714. The molecule has 27 heavy (non-hydrogen) atoms. The molecule has 0 unspecified atom stereocenters. The van der Waals surface area contributed by atoms with Gasteiger partial charge in [-0.15, -0.1) is 0 Å². The zero-order chi connectivity index (χ0) is 19.8. The van der Waals surface area contributed by atoms with Crippen molar-refractivity contribution in [3.05, 3.63) is 40.4 Å². The molecule has 2 aromatic rings. The Kier molecular flexibility index (Phi) is 4.47. The number of hydrogen-bond acceptors (Lipinski definition) is 8. The van der Waals surface area contributed by atoms with E-state index < -0.39 is 43.0 Å². The van der Waals surface area contributed by atoms with Gasteiger partial charge in [0.25, 0.3) is 0 Å². The number of amides is 2. The minimum Gasteiger partial charge on any atom is -0.501 e. The number of carbonyl (C=O) groups is 1. The molecule has 0 saturated heterocycles. The van der Waals surface area contributed by atoms with Gasteiger partial charge in [-0.25, -0.2) is 18.4 Å². The molecule has 0 aliphatic carbocycles. The third-order valence-electron chi connectivity index (χ3n) is 3.47. The van der Waals surface area contributed by atoms with E-state index in [9.17, 15) is 28.4 Å². The third kappa shape index (κ3) is 3.83. The van der Waals surface area contributed by atoms with E-state index in [1.54, 1.807) is 6.07 Å². The zero-order valence-electron chi connectivity index (χ0n) is 13.3. The van der Waals surface area contributed by atoms with Gasteiger partial charge in [-0.3, -0.25) is 10.1 Å². The number of urea groups is 1. The molecule has 0 aromatic heterocycles. The highest BCUT2D eigenvalue weighted by molar-refractivity contribution is 7.89. The van der Waals surface area contributed by atoms with E-state index in [0.717, 1.165) is 6.07 Å². The summed E-state index contributed by atoms with van der Waals surface area (Å²) in [7, 11) is -4.32. The number of sulfonamides is 1. The molecule has 0 spiro atoms. The molecular weight excluding hydrogens is 384 g/mol. The Labute approximate surface area is 151 Å². The molecule has 2 amide bonds. The van der Waals surface area contributed by atoms with Gasteiger partial charge in [-0.05, 0) is 18.2 Å². The fourth-order valence-electron chi connectivity index (χ4n) is 2.25. The second-order valence-corrected chi connectivity index (χ2v) is 6.85. The minimum absolute atomic E-state index is 0.0445. The largest absolute Gasteiger partial charge is 0.501 e. The summed E-state index contributed by atoms with van der Waals surface area (Å²) in [5.41, 5.74) is -1.14. The Morgan fingerprint density at radius 3 is 2.56 bits per heavy atom. The highest BCUT2D eigenvalue weighted by atomic mass is 32.2. The Morgan fingerprint density at radius 2 is 1.89 bits per heavy atom. The van der Waals surface area contributed by atoms with E-state index in [1.165, 1.54) is 12.1 Å². The van der Waals surface area contributed by atoms with E-state index >= 15 is 0 Å². The lowest BCUT2D eigenvalue weighted by Gasteiger charge is -2.11. The van der Waals surface area contributed by atoms with Crippen LogP contribution >= 0.6 is 0 Å². The maximum Gasteiger partial charge on any atom is 0.323 e. The van der Waals surface area contributed by atoms with Crippen molar-refractivity contribution >= 4 is 33.1 Å². The van der Waals surface area contributed by atoms with Gasteiger partial charge in [0.15, 0.2) is 11.5 Å². The van der Waals surface area contributed by atoms with Crippen molar-refractivity contribution < 1.29 is 32.7 Å². The number of aromatic hydroxyl groups is 1. The Hall–Kier alpha value is -3.58. The monoisotopic (exact) mass is 396 g/mol. The van der Waals surface area contributed by atoms with Crippen molar-refractivity contribution in [1.82, 2.24) is 0 Å². The molecule has 0 bridgehead atoms. The number of benzene rings is 2. The maximum atomic E-state index is 12.1. The summed E-state index contributed by atoms with van der Waals surface area (Å²) >= 11 is 0. The SMILES string of the molecule is NS(=O)(=O)c1cc(NC(=O)Nc2ccc3c(c2)OCO3)c(O)c([N+](=O)[O-])c1. The first kappa shape index (κ1) is 18.2. The number of hydrogen-bond donors (Lipinski definition) is 4. The standard InChI is InChI=1S/C14H12N4O8S/c15-27(23,24)8-4-9(13(19)10(5-8)18(21)22)17-14(20)16-7-1-2-11-12(3-7)26-6-25-11/h1-5,19H,6H2,(H2,15,23,24)(H2,16,17,20). The molecular formula is C14H12N4O8S. The molecule has 13 heteroatoms. The number of phenols is 1. The average Bonchev–Trinajstić information content (AvgIpc) is 3.03. The summed E-state index contributed by atoms with van der Waals surface area (Å²) in [5.74, 6) is -0.0224. The smallest absolute Gasteiger partial charge is 0.323 e. The van der Waals surface area contributed by atoms with Crippen molar-refractivity contribution in [3.8, 4) is 17.2 Å². The summed E-state index contributed by atoms with van der Waals surface area (Å²) in [5, 5.41) is 30.4. The van der Waals surface area contributed by atoms with Crippen LogP contribution in [-0.4, -0.2) is 31.3 Å². The number of nitrogens with one attached hydrogen (secondary N) is 2. The van der Waals surface area contributed by atoms with E-state index in [-0.39, 0.29) is 6.79 Å². The predicted octanol–water partition coefficient (Wildman–Crippen LogP) is 1.32. The van der Waals surface area contributed by atoms with Crippen LogP contribution in [0, 0.1) is 10.1 Å². The number of nitro benzene ring substituents is 1. The molecule has 0 radical (unpaired) electrons. The van der Waals surface area contributed by atoms with Gasteiger partial charge >= 0.3 is 11.7 Å². The van der Waals surface area contributed by atoms with Crippen LogP contribution in [0.3, 0.4) is 0 Å². The maximum absolute atomic E-state index is 12.1. The van der Waals surface area contributed by atoms with Gasteiger partial charge in [0.1, 0.15) is 0 Å². The number of carbonyl (C=O) groups excluding carboxylic acids is 1. The zero-order valence-corrected chi connectivity index (χ0v) is 14.1. The van der Waals surface area contributed by atoms with Crippen LogP contribution in [0.15, 0.2) is 35.2 Å². The molecule has 1 heterocycles. The van der Waals surface area contributed by atoms with Crippen LogP contribution in [0.5, 0.6) is 17.2 Å². The van der Waals surface area contributed by atoms with Gasteiger partial charge in [-0.2, -0.15) is 0 Å². The van der Waals surface area contributed by atoms with Crippen LogP contribution in [-0.2, 0) is 10.0 Å². The van der Waals surface area contributed by atoms with Gasteiger partial charge in [0, 0.05) is 17.8 Å². The molecule has 12 nitrogen and oxygen atoms in total. The summed E-state index contributed by atoms with van der Waals surface area (Å²) in [6.07, 6.45) is 0. The van der Waals surface area contributed by atoms with Crippen molar-refractivity contribution in [1.29, 1.82) is 0 Å². The predicted molar refractivity (Wildman–Crippen MR) is 91.3 cm³/mol. The number of anilines is 2. The van der Waals surface area contributed by atoms with Gasteiger partial charge in [0.2, 0.25) is 22.6 Å². The minimum atomic E-state index is -4.32. The van der Waals surface area contributed by atoms with Gasteiger partial charge in [-0.1, -0.05) is 0 Å². The van der Waals surface area contributed by atoms with Crippen LogP contribution in [0.1, 0.15) is 0 Å². The summed E-state index contributed by atoms with van der Waals surface area (Å²) in [6.45, 7) is 0.0445. The molecule has 5 N–H and O–H groups in total. The fourth-order valence-corrected chi connectivity index (χ4v) is 2.81. The lowest BCUT2D eigenvalue weighted by Crippen LogP contribution is -2.20. The quantitative estimate of drug-likeness (QED) is 0.339. The summed E-state index contributed by atoms with van der Waals surface area (Å²) < 4.78 is 33.2. The summed E-state index contributed by atoms with van der Waals surface area (Å²) in [4.78, 5) is 21.5. The second-order valence-electron chi connectivity index (χ2n) is 5.29. The normalized spacial score (nSPS) is 12.5. The highest BCUT2D eigenvalue weighted by Gasteiger charge is 2.24. The number of nitro groups is 1. The molecule has 3 rings (SSSR count). The van der Waals surface area contributed by atoms with Gasteiger partial charge < -0.3 is 25.2 Å². The van der Waals surface area contributed by atoms with Crippen LogP contribution in [0.2, 0.25) is 0 Å². The Balaban J connectivity index is 1.87. The first-order chi connectivity index (χ1) is 12.6. The molecule has 2 aromatic carbocycles. The molecule has 1 aliphatic heterocycles. The number of phenolic OH excluding ortho intramolecular Hbond substituents is 1. The van der Waals surface area contributed by atoms with Crippen molar-refractivity contribution in [2.45, 2.75) is 4.90 Å². The van der Waals surface area contributed by atoms with Crippen molar-refractivity contribution in [3.63, 3.8) is 0 Å². The molecule has 1 aliphatic rings. The van der Waals surface area contributed by atoms with E-state index in [0.29, 0.717) is 23.3 Å². The van der Waals surface area contributed by atoms with Crippen molar-refractivity contribution in [2.75, 3.05) is 17.4 Å². The lowest BCUT2D eigenvalue weighted by atomic mass is 10.2. The molecule has 0 saturated carbocycles. The van der Waals surface area contributed by atoms with E-state index in [4.69, 9.17) is 14.6 Å². The highest BCUT2D eigenvalue weighted by Crippen LogP contribution is 2.37. The number of nitrogens with zero attached hydrogens (tertiary/aromatic N) is 1. The number of rotatable bonds is 4. The topological polar surface area (TPSA) is 183 Å². The Morgan fingerprint density at radius 1 is 1.19 bits per heavy atom. The first-order valence-electron chi connectivity index (χ1n) is 7.17. The number of ether oxygens (including phenoxy) is 2. The summed E-state index contributed by atoms with van der Waals surface area (Å²) in [6, 6.07) is 5.04. The number of fused-ring (bicyclic) bond motifs is 1. The van der Waals surface area contributed by atoms with E-state index in [1.807, 2.05) is 0 Å². The average molecular weight is 396 g/mol. The van der Waals surface area contributed by atoms with Crippen molar-refractivity contribution in [2.24, 2.45) is 5.14 Å². The third-order valence-corrected chi connectivity index (χ3v) is 4.36. The molecule has 142 valence electrons. The second kappa shape index (κ2) is 6.62. The van der Waals surface area contributed by atoms with Crippen LogP contribution in [0.25, 0.3) is 0 Å².